The summed E-state index contributed by atoms with van der Waals surface area (Å²) < 4.78 is 5.00. The molecule has 0 saturated carbocycles. The second-order valence-electron chi connectivity index (χ2n) is 4.18. The van der Waals surface area contributed by atoms with Crippen LogP contribution < -0.4 is 0 Å². The van der Waals surface area contributed by atoms with Gasteiger partial charge in [-0.25, -0.2) is 4.79 Å². The topological polar surface area (TPSA) is 26.3 Å². The van der Waals surface area contributed by atoms with Gasteiger partial charge in [-0.3, -0.25) is 0 Å². The fourth-order valence-corrected chi connectivity index (χ4v) is 2.01. The normalized spacial score (nSPS) is 11.2. The van der Waals surface area contributed by atoms with Gasteiger partial charge in [-0.05, 0) is 35.8 Å². The van der Waals surface area contributed by atoms with E-state index in [4.69, 9.17) is 16.3 Å². The molecule has 0 amide bonds. The number of halogens is 1. The second-order valence-corrected chi connectivity index (χ2v) is 4.62. The van der Waals surface area contributed by atoms with Crippen LogP contribution in [0.3, 0.4) is 0 Å². The fraction of sp³-hybridized carbons (Fsp3) is 0.118. The lowest BCUT2D eigenvalue weighted by Crippen LogP contribution is -2.01. The molecule has 2 aromatic rings. The van der Waals surface area contributed by atoms with Crippen LogP contribution in [0.25, 0.3) is 5.57 Å². The first-order chi connectivity index (χ1) is 9.70. The molecule has 0 saturated heterocycles. The van der Waals surface area contributed by atoms with Gasteiger partial charge in [-0.15, -0.1) is 0 Å². The number of hydrogen-bond donors (Lipinski definition) is 0. The zero-order chi connectivity index (χ0) is 14.4. The summed E-state index contributed by atoms with van der Waals surface area (Å²) in [6.45, 7) is 2.15. The van der Waals surface area contributed by atoms with Crippen molar-refractivity contribution in [3.05, 3.63) is 76.8 Å². The van der Waals surface area contributed by atoms with Gasteiger partial charge in [0, 0.05) is 11.1 Å². The average Bonchev–Trinajstić information content (AvgIpc) is 2.47. The van der Waals surface area contributed by atoms with Crippen molar-refractivity contribution in [1.29, 1.82) is 0 Å². The lowest BCUT2D eigenvalue weighted by atomic mass is 9.98. The van der Waals surface area contributed by atoms with Crippen LogP contribution in [-0.2, 0) is 9.53 Å². The summed E-state index contributed by atoms with van der Waals surface area (Å²) >= 11 is 5.91. The lowest BCUT2D eigenvalue weighted by Gasteiger charge is -2.08. The largest absolute Gasteiger partial charge is 0.463 e. The van der Waals surface area contributed by atoms with Gasteiger partial charge in [-0.2, -0.15) is 0 Å². The Morgan fingerprint density at radius 3 is 2.25 bits per heavy atom. The van der Waals surface area contributed by atoms with Crippen LogP contribution in [0.4, 0.5) is 0 Å². The van der Waals surface area contributed by atoms with E-state index in [-0.39, 0.29) is 5.97 Å². The number of hydrogen-bond acceptors (Lipinski definition) is 2. The number of esters is 1. The summed E-state index contributed by atoms with van der Waals surface area (Å²) in [4.78, 5) is 11.7. The van der Waals surface area contributed by atoms with Crippen molar-refractivity contribution in [1.82, 2.24) is 0 Å². The Labute approximate surface area is 123 Å². The minimum atomic E-state index is -0.346. The molecule has 2 rings (SSSR count). The van der Waals surface area contributed by atoms with Crippen LogP contribution in [0.5, 0.6) is 0 Å². The van der Waals surface area contributed by atoms with Gasteiger partial charge in [0.05, 0.1) is 6.61 Å². The van der Waals surface area contributed by atoms with Crippen molar-refractivity contribution in [3.8, 4) is 0 Å². The molecule has 102 valence electrons. The van der Waals surface area contributed by atoms with Crippen molar-refractivity contribution >= 4 is 23.1 Å². The van der Waals surface area contributed by atoms with Gasteiger partial charge in [0.15, 0.2) is 0 Å². The minimum absolute atomic E-state index is 0.346. The number of ether oxygens (including phenoxy) is 1. The maximum Gasteiger partial charge on any atom is 0.331 e. The van der Waals surface area contributed by atoms with Crippen LogP contribution in [-0.4, -0.2) is 12.6 Å². The number of carbonyl (C=O) groups excluding carboxylic acids is 1. The summed E-state index contributed by atoms with van der Waals surface area (Å²) in [5.41, 5.74) is 2.71. The molecule has 0 aliphatic rings. The summed E-state index contributed by atoms with van der Waals surface area (Å²) in [5, 5.41) is 0.664. The Balaban J connectivity index is 2.44. The van der Waals surface area contributed by atoms with E-state index in [0.29, 0.717) is 11.6 Å². The van der Waals surface area contributed by atoms with Crippen molar-refractivity contribution in [2.75, 3.05) is 6.61 Å². The third-order valence-corrected chi connectivity index (χ3v) is 3.04. The lowest BCUT2D eigenvalue weighted by molar-refractivity contribution is -0.137. The van der Waals surface area contributed by atoms with Crippen LogP contribution in [0.15, 0.2) is 60.7 Å². The average molecular weight is 287 g/mol. The number of rotatable bonds is 4. The zero-order valence-corrected chi connectivity index (χ0v) is 11.9. The molecule has 0 spiro atoms. The Kier molecular flexibility index (Phi) is 4.97. The Morgan fingerprint density at radius 1 is 1.05 bits per heavy atom. The first kappa shape index (κ1) is 14.4. The van der Waals surface area contributed by atoms with E-state index in [1.807, 2.05) is 42.5 Å². The predicted octanol–water partition coefficient (Wildman–Crippen LogP) is 4.33. The molecule has 0 aliphatic heterocycles. The van der Waals surface area contributed by atoms with E-state index in [9.17, 15) is 4.79 Å². The van der Waals surface area contributed by atoms with E-state index < -0.39 is 0 Å². The highest BCUT2D eigenvalue weighted by molar-refractivity contribution is 6.30. The van der Waals surface area contributed by atoms with Gasteiger partial charge in [0.25, 0.3) is 0 Å². The minimum Gasteiger partial charge on any atom is -0.463 e. The Bertz CT molecular complexity index is 601. The molecule has 0 unspecified atom stereocenters. The molecule has 0 heterocycles. The second kappa shape index (κ2) is 6.92. The maximum absolute atomic E-state index is 11.7. The smallest absolute Gasteiger partial charge is 0.331 e. The van der Waals surface area contributed by atoms with E-state index in [1.54, 1.807) is 19.1 Å². The first-order valence-electron chi connectivity index (χ1n) is 6.40. The van der Waals surface area contributed by atoms with Gasteiger partial charge in [0.2, 0.25) is 0 Å². The van der Waals surface area contributed by atoms with Crippen LogP contribution in [0, 0.1) is 0 Å². The summed E-state index contributed by atoms with van der Waals surface area (Å²) in [5.74, 6) is -0.346. The zero-order valence-electron chi connectivity index (χ0n) is 11.2. The van der Waals surface area contributed by atoms with E-state index in [1.165, 1.54) is 6.08 Å². The highest BCUT2D eigenvalue weighted by atomic mass is 35.5. The summed E-state index contributed by atoms with van der Waals surface area (Å²) in [6.07, 6.45) is 1.52. The third-order valence-electron chi connectivity index (χ3n) is 2.79. The maximum atomic E-state index is 11.7. The van der Waals surface area contributed by atoms with Gasteiger partial charge < -0.3 is 4.74 Å². The number of carbonyl (C=O) groups is 1. The molecule has 0 aromatic heterocycles. The SMILES string of the molecule is CCOC(=O)/C=C(/c1ccccc1)c1ccc(Cl)cc1. The quantitative estimate of drug-likeness (QED) is 0.617. The highest BCUT2D eigenvalue weighted by Crippen LogP contribution is 2.24. The van der Waals surface area contributed by atoms with Crippen molar-refractivity contribution < 1.29 is 9.53 Å². The van der Waals surface area contributed by atoms with Gasteiger partial charge in [0.1, 0.15) is 0 Å². The summed E-state index contributed by atoms with van der Waals surface area (Å²) in [7, 11) is 0. The van der Waals surface area contributed by atoms with E-state index >= 15 is 0 Å². The molecule has 20 heavy (non-hydrogen) atoms. The molecule has 0 aliphatic carbocycles. The highest BCUT2D eigenvalue weighted by Gasteiger charge is 2.08. The predicted molar refractivity (Wildman–Crippen MR) is 81.6 cm³/mol. The van der Waals surface area contributed by atoms with Crippen molar-refractivity contribution in [3.63, 3.8) is 0 Å². The van der Waals surface area contributed by atoms with Crippen LogP contribution in [0.2, 0.25) is 5.02 Å². The standard InChI is InChI=1S/C17H15ClO2/c1-2-20-17(19)12-16(13-6-4-3-5-7-13)14-8-10-15(18)11-9-14/h3-12H,2H2,1H3/b16-12-. The fourth-order valence-electron chi connectivity index (χ4n) is 1.88. The van der Waals surface area contributed by atoms with E-state index in [0.717, 1.165) is 16.7 Å². The first-order valence-corrected chi connectivity index (χ1v) is 6.78. The van der Waals surface area contributed by atoms with Crippen molar-refractivity contribution in [2.24, 2.45) is 0 Å². The van der Waals surface area contributed by atoms with Gasteiger partial charge in [-0.1, -0.05) is 54.1 Å². The van der Waals surface area contributed by atoms with Gasteiger partial charge >= 0.3 is 5.97 Å². The molecule has 2 nitrogen and oxygen atoms in total. The molecule has 2 aromatic carbocycles. The Hall–Kier alpha value is -2.06. The van der Waals surface area contributed by atoms with Crippen LogP contribution in [0.1, 0.15) is 18.1 Å². The monoisotopic (exact) mass is 286 g/mol. The van der Waals surface area contributed by atoms with Crippen molar-refractivity contribution in [2.45, 2.75) is 6.92 Å². The number of benzene rings is 2. The Morgan fingerprint density at radius 2 is 1.65 bits per heavy atom. The van der Waals surface area contributed by atoms with E-state index in [2.05, 4.69) is 0 Å². The summed E-state index contributed by atoms with van der Waals surface area (Å²) in [6, 6.07) is 17.1. The molecule has 0 radical (unpaired) electrons. The molecule has 0 atom stereocenters. The third kappa shape index (κ3) is 3.72. The molecular weight excluding hydrogens is 272 g/mol. The molecule has 0 N–H and O–H groups in total. The molecule has 3 heteroatoms. The molecular formula is C17H15ClO2. The molecule has 0 bridgehead atoms. The van der Waals surface area contributed by atoms with Crippen LogP contribution >= 0.6 is 11.6 Å². The molecule has 0 fully saturated rings.